The van der Waals surface area contributed by atoms with Crippen molar-refractivity contribution in [1.82, 2.24) is 10.2 Å². The molecule has 0 spiro atoms. The number of carbonyl (C=O) groups is 2. The third kappa shape index (κ3) is 4.38. The van der Waals surface area contributed by atoms with E-state index in [2.05, 4.69) is 5.32 Å². The molecule has 1 saturated heterocycles. The molecule has 6 heteroatoms. The summed E-state index contributed by atoms with van der Waals surface area (Å²) in [4.78, 5) is 24.6. The van der Waals surface area contributed by atoms with E-state index in [1.807, 2.05) is 20.8 Å². The topological polar surface area (TPSA) is 95.7 Å². The molecule has 0 radical (unpaired) electrons. The van der Waals surface area contributed by atoms with E-state index in [4.69, 9.17) is 5.73 Å². The lowest BCUT2D eigenvalue weighted by atomic mass is 9.88. The molecular weight excluding hydrogens is 246 g/mol. The lowest BCUT2D eigenvalue weighted by Gasteiger charge is -2.39. The van der Waals surface area contributed by atoms with Gasteiger partial charge in [0.05, 0.1) is 6.10 Å². The van der Waals surface area contributed by atoms with E-state index in [0.717, 1.165) is 0 Å². The number of primary amides is 1. The van der Waals surface area contributed by atoms with Crippen molar-refractivity contribution in [2.75, 3.05) is 13.1 Å². The van der Waals surface area contributed by atoms with E-state index in [-0.39, 0.29) is 23.8 Å². The molecule has 3 amide bonds. The van der Waals surface area contributed by atoms with Crippen LogP contribution < -0.4 is 11.1 Å². The normalized spacial score (nSPS) is 25.2. The summed E-state index contributed by atoms with van der Waals surface area (Å²) in [7, 11) is 0. The minimum absolute atomic E-state index is 0.0382. The van der Waals surface area contributed by atoms with Gasteiger partial charge in [-0.15, -0.1) is 0 Å². The third-order valence-electron chi connectivity index (χ3n) is 3.63. The van der Waals surface area contributed by atoms with Crippen LogP contribution in [0.3, 0.4) is 0 Å². The Kier molecular flexibility index (Phi) is 5.60. The van der Waals surface area contributed by atoms with Gasteiger partial charge in [-0.05, 0) is 12.8 Å². The van der Waals surface area contributed by atoms with Crippen LogP contribution in [-0.2, 0) is 4.79 Å². The van der Waals surface area contributed by atoms with Gasteiger partial charge in [0.1, 0.15) is 0 Å². The van der Waals surface area contributed by atoms with Gasteiger partial charge in [0.2, 0.25) is 5.91 Å². The fourth-order valence-corrected chi connectivity index (χ4v) is 2.40. The van der Waals surface area contributed by atoms with Crippen LogP contribution in [-0.4, -0.2) is 47.2 Å². The molecule has 0 aliphatic carbocycles. The molecule has 6 nitrogen and oxygen atoms in total. The minimum Gasteiger partial charge on any atom is -0.393 e. The Hall–Kier alpha value is -1.30. The number of aliphatic hydroxyl groups is 1. The predicted molar refractivity (Wildman–Crippen MR) is 72.3 cm³/mol. The number of carbonyl (C=O) groups excluding carboxylic acids is 2. The summed E-state index contributed by atoms with van der Waals surface area (Å²) in [6.45, 7) is 6.42. The first-order valence-electron chi connectivity index (χ1n) is 6.87. The van der Waals surface area contributed by atoms with Gasteiger partial charge in [0.15, 0.2) is 0 Å². The van der Waals surface area contributed by atoms with Gasteiger partial charge in [0, 0.05) is 31.0 Å². The van der Waals surface area contributed by atoms with Crippen LogP contribution >= 0.6 is 0 Å². The number of piperidine rings is 1. The zero-order valence-electron chi connectivity index (χ0n) is 11.9. The lowest BCUT2D eigenvalue weighted by Crippen LogP contribution is -2.56. The second-order valence-corrected chi connectivity index (χ2v) is 5.57. The SMILES string of the molecule is CCC(O)C1CC(NC(=O)C(C)C)CN(C(N)=O)C1. The van der Waals surface area contributed by atoms with Crippen LogP contribution in [0, 0.1) is 11.8 Å². The van der Waals surface area contributed by atoms with E-state index < -0.39 is 12.1 Å². The average molecular weight is 271 g/mol. The molecule has 3 unspecified atom stereocenters. The third-order valence-corrected chi connectivity index (χ3v) is 3.63. The number of aliphatic hydroxyl groups excluding tert-OH is 1. The Morgan fingerprint density at radius 1 is 1.42 bits per heavy atom. The van der Waals surface area contributed by atoms with Crippen molar-refractivity contribution >= 4 is 11.9 Å². The first kappa shape index (κ1) is 15.8. The summed E-state index contributed by atoms with van der Waals surface area (Å²) in [6, 6.07) is -0.640. The predicted octanol–water partition coefficient (Wildman–Crippen LogP) is 0.299. The molecule has 0 aromatic heterocycles. The standard InChI is InChI=1S/C13H25N3O3/c1-4-11(17)9-5-10(15-12(18)8(2)3)7-16(6-9)13(14)19/h8-11,17H,4-7H2,1-3H3,(H2,14,19)(H,15,18). The maximum Gasteiger partial charge on any atom is 0.314 e. The second kappa shape index (κ2) is 6.75. The van der Waals surface area contributed by atoms with Crippen molar-refractivity contribution < 1.29 is 14.7 Å². The van der Waals surface area contributed by atoms with Crippen molar-refractivity contribution in [3.8, 4) is 0 Å². The van der Waals surface area contributed by atoms with Crippen molar-refractivity contribution in [3.05, 3.63) is 0 Å². The largest absolute Gasteiger partial charge is 0.393 e. The smallest absolute Gasteiger partial charge is 0.314 e. The summed E-state index contributed by atoms with van der Waals surface area (Å²) < 4.78 is 0. The van der Waals surface area contributed by atoms with Gasteiger partial charge in [-0.3, -0.25) is 4.79 Å². The highest BCUT2D eigenvalue weighted by Crippen LogP contribution is 2.22. The van der Waals surface area contributed by atoms with Gasteiger partial charge in [-0.25, -0.2) is 4.79 Å². The molecule has 19 heavy (non-hydrogen) atoms. The number of nitrogens with zero attached hydrogens (tertiary/aromatic N) is 1. The Labute approximate surface area is 114 Å². The van der Waals surface area contributed by atoms with E-state index in [9.17, 15) is 14.7 Å². The maximum atomic E-state index is 11.7. The first-order chi connectivity index (χ1) is 8.85. The second-order valence-electron chi connectivity index (χ2n) is 5.57. The number of hydrogen-bond acceptors (Lipinski definition) is 3. The Morgan fingerprint density at radius 3 is 2.53 bits per heavy atom. The zero-order chi connectivity index (χ0) is 14.6. The summed E-state index contributed by atoms with van der Waals surface area (Å²) in [5.74, 6) is -0.178. The first-order valence-corrected chi connectivity index (χ1v) is 6.87. The molecule has 1 fully saturated rings. The Balaban J connectivity index is 2.70. The van der Waals surface area contributed by atoms with E-state index >= 15 is 0 Å². The average Bonchev–Trinajstić information content (AvgIpc) is 2.37. The summed E-state index contributed by atoms with van der Waals surface area (Å²) in [6.07, 6.45) is 0.833. The van der Waals surface area contributed by atoms with Crippen LogP contribution in [0.25, 0.3) is 0 Å². The van der Waals surface area contributed by atoms with Crippen LogP contribution in [0.15, 0.2) is 0 Å². The summed E-state index contributed by atoms with van der Waals surface area (Å²) >= 11 is 0. The molecular formula is C13H25N3O3. The van der Waals surface area contributed by atoms with Gasteiger partial charge in [-0.2, -0.15) is 0 Å². The highest BCUT2D eigenvalue weighted by molar-refractivity contribution is 5.78. The van der Waals surface area contributed by atoms with Gasteiger partial charge in [0.25, 0.3) is 0 Å². The van der Waals surface area contributed by atoms with Gasteiger partial charge >= 0.3 is 6.03 Å². The minimum atomic E-state index is -0.503. The van der Waals surface area contributed by atoms with E-state index in [1.54, 1.807) is 0 Å². The lowest BCUT2D eigenvalue weighted by molar-refractivity contribution is -0.125. The molecule has 3 atom stereocenters. The van der Waals surface area contributed by atoms with Gasteiger partial charge < -0.3 is 21.1 Å². The van der Waals surface area contributed by atoms with Gasteiger partial charge in [-0.1, -0.05) is 20.8 Å². The van der Waals surface area contributed by atoms with E-state index in [0.29, 0.717) is 25.9 Å². The van der Waals surface area contributed by atoms with Crippen LogP contribution in [0.5, 0.6) is 0 Å². The molecule has 4 N–H and O–H groups in total. The molecule has 1 heterocycles. The molecule has 1 aliphatic rings. The maximum absolute atomic E-state index is 11.7. The number of rotatable bonds is 4. The fraction of sp³-hybridized carbons (Fsp3) is 0.846. The van der Waals surface area contributed by atoms with E-state index in [1.165, 1.54) is 4.90 Å². The van der Waals surface area contributed by atoms with Crippen molar-refractivity contribution in [2.24, 2.45) is 17.6 Å². The quantitative estimate of drug-likeness (QED) is 0.686. The van der Waals surface area contributed by atoms with Crippen LogP contribution in [0.4, 0.5) is 4.79 Å². The van der Waals surface area contributed by atoms with Crippen molar-refractivity contribution in [1.29, 1.82) is 0 Å². The molecule has 0 aromatic rings. The molecule has 110 valence electrons. The number of urea groups is 1. The molecule has 1 rings (SSSR count). The Morgan fingerprint density at radius 2 is 2.05 bits per heavy atom. The highest BCUT2D eigenvalue weighted by Gasteiger charge is 2.33. The Bertz CT molecular complexity index is 333. The zero-order valence-corrected chi connectivity index (χ0v) is 11.9. The highest BCUT2D eigenvalue weighted by atomic mass is 16.3. The molecule has 0 bridgehead atoms. The van der Waals surface area contributed by atoms with Crippen LogP contribution in [0.1, 0.15) is 33.6 Å². The number of hydrogen-bond donors (Lipinski definition) is 3. The monoisotopic (exact) mass is 271 g/mol. The summed E-state index contributed by atoms with van der Waals surface area (Å²) in [5.41, 5.74) is 5.32. The number of nitrogens with two attached hydrogens (primary N) is 1. The number of amides is 3. The number of nitrogens with one attached hydrogen (secondary N) is 1. The fourth-order valence-electron chi connectivity index (χ4n) is 2.40. The van der Waals surface area contributed by atoms with Crippen molar-refractivity contribution in [3.63, 3.8) is 0 Å². The molecule has 0 aromatic carbocycles. The summed E-state index contributed by atoms with van der Waals surface area (Å²) in [5, 5.41) is 12.9. The van der Waals surface area contributed by atoms with Crippen LogP contribution in [0.2, 0.25) is 0 Å². The van der Waals surface area contributed by atoms with Crippen molar-refractivity contribution in [2.45, 2.75) is 45.8 Å². The number of likely N-dealkylation sites (tertiary alicyclic amines) is 1. The molecule has 0 saturated carbocycles. The molecule has 1 aliphatic heterocycles.